The molecule has 0 aliphatic rings. The molecule has 0 amide bonds. The lowest BCUT2D eigenvalue weighted by Gasteiger charge is -2.02. The Balaban J connectivity index is 2.00. The van der Waals surface area contributed by atoms with E-state index in [0.717, 1.165) is 16.0 Å². The number of ether oxygens (including phenoxy) is 1. The van der Waals surface area contributed by atoms with Crippen LogP contribution in [0.2, 0.25) is 0 Å². The van der Waals surface area contributed by atoms with E-state index in [9.17, 15) is 4.39 Å². The van der Waals surface area contributed by atoms with Gasteiger partial charge >= 0.3 is 0 Å². The van der Waals surface area contributed by atoms with E-state index in [1.807, 2.05) is 18.2 Å². The lowest BCUT2D eigenvalue weighted by molar-refractivity contribution is 0.419. The highest BCUT2D eigenvalue weighted by atomic mass is 32.1. The van der Waals surface area contributed by atoms with Crippen LogP contribution in [-0.4, -0.2) is 12.1 Å². The highest BCUT2D eigenvalue weighted by molar-refractivity contribution is 7.22. The number of fused-ring (bicyclic) bond motifs is 1. The van der Waals surface area contributed by atoms with Gasteiger partial charge in [0.15, 0.2) is 5.13 Å². The van der Waals surface area contributed by atoms with Crippen molar-refractivity contribution in [2.45, 2.75) is 0 Å². The summed E-state index contributed by atoms with van der Waals surface area (Å²) in [5.41, 5.74) is 1.20. The van der Waals surface area contributed by atoms with Crippen molar-refractivity contribution >= 4 is 32.4 Å². The van der Waals surface area contributed by atoms with E-state index in [0.29, 0.717) is 10.8 Å². The van der Waals surface area contributed by atoms with Crippen molar-refractivity contribution in [3.8, 4) is 5.75 Å². The number of hydrogen-bond donors (Lipinski definition) is 1. The topological polar surface area (TPSA) is 34.1 Å². The van der Waals surface area contributed by atoms with Gasteiger partial charge in [0.25, 0.3) is 0 Å². The summed E-state index contributed by atoms with van der Waals surface area (Å²) in [4.78, 5) is 4.44. The zero-order valence-corrected chi connectivity index (χ0v) is 11.0. The molecule has 5 heteroatoms. The number of methoxy groups -OCH3 is 1. The van der Waals surface area contributed by atoms with Crippen LogP contribution in [0.1, 0.15) is 0 Å². The van der Waals surface area contributed by atoms with Gasteiger partial charge in [-0.05, 0) is 24.3 Å². The van der Waals surface area contributed by atoms with E-state index in [1.54, 1.807) is 25.3 Å². The summed E-state index contributed by atoms with van der Waals surface area (Å²) in [6, 6.07) is 12.2. The number of hydrogen-bond acceptors (Lipinski definition) is 4. The molecular formula is C14H11FN2OS. The maximum atomic E-state index is 13.6. The minimum atomic E-state index is -0.297. The van der Waals surface area contributed by atoms with Gasteiger partial charge in [0.1, 0.15) is 17.1 Å². The molecule has 2 aromatic carbocycles. The minimum absolute atomic E-state index is 0.297. The predicted octanol–water partition coefficient (Wildman–Crippen LogP) is 4.19. The Morgan fingerprint density at radius 3 is 2.79 bits per heavy atom. The van der Waals surface area contributed by atoms with Crippen LogP contribution in [0.3, 0.4) is 0 Å². The van der Waals surface area contributed by atoms with E-state index >= 15 is 0 Å². The Bertz CT molecular complexity index is 726. The Kier molecular flexibility index (Phi) is 3.05. The van der Waals surface area contributed by atoms with Gasteiger partial charge in [-0.15, -0.1) is 0 Å². The molecule has 0 aliphatic heterocycles. The van der Waals surface area contributed by atoms with Crippen molar-refractivity contribution in [1.82, 2.24) is 4.98 Å². The number of para-hydroxylation sites is 2. The molecule has 0 unspecified atom stereocenters. The zero-order valence-electron chi connectivity index (χ0n) is 10.2. The number of nitrogens with zero attached hydrogens (tertiary/aromatic N) is 1. The van der Waals surface area contributed by atoms with Gasteiger partial charge in [-0.3, -0.25) is 0 Å². The summed E-state index contributed by atoms with van der Waals surface area (Å²) in [5, 5.41) is 3.63. The molecule has 0 atom stereocenters. The van der Waals surface area contributed by atoms with E-state index in [1.165, 1.54) is 17.4 Å². The molecule has 0 spiro atoms. The van der Waals surface area contributed by atoms with Crippen molar-refractivity contribution in [1.29, 1.82) is 0 Å². The molecule has 1 aromatic heterocycles. The predicted molar refractivity (Wildman–Crippen MR) is 75.9 cm³/mol. The molecule has 0 saturated heterocycles. The third-order valence-electron chi connectivity index (χ3n) is 2.72. The molecule has 1 N–H and O–H groups in total. The first kappa shape index (κ1) is 11.9. The number of rotatable bonds is 3. The Morgan fingerprint density at radius 2 is 2.00 bits per heavy atom. The first-order valence-electron chi connectivity index (χ1n) is 5.73. The SMILES string of the molecule is COc1cccc2sc(Nc3ccccc3F)nc12. The van der Waals surface area contributed by atoms with Crippen LogP contribution >= 0.6 is 11.3 Å². The van der Waals surface area contributed by atoms with Gasteiger partial charge in [0.2, 0.25) is 0 Å². The van der Waals surface area contributed by atoms with Crippen LogP contribution in [0.25, 0.3) is 10.2 Å². The molecule has 0 radical (unpaired) electrons. The standard InChI is InChI=1S/C14H11FN2OS/c1-18-11-7-4-8-12-13(11)17-14(19-12)16-10-6-3-2-5-9(10)15/h2-8H,1H3,(H,16,17). The summed E-state index contributed by atoms with van der Waals surface area (Å²) < 4.78 is 19.8. The number of anilines is 2. The average Bonchev–Trinajstić information content (AvgIpc) is 2.83. The highest BCUT2D eigenvalue weighted by Crippen LogP contribution is 2.33. The summed E-state index contributed by atoms with van der Waals surface area (Å²) in [6.07, 6.45) is 0. The molecule has 19 heavy (non-hydrogen) atoms. The maximum Gasteiger partial charge on any atom is 0.188 e. The minimum Gasteiger partial charge on any atom is -0.494 e. The third-order valence-corrected chi connectivity index (χ3v) is 3.65. The first-order chi connectivity index (χ1) is 9.28. The Labute approximate surface area is 113 Å². The van der Waals surface area contributed by atoms with Crippen molar-refractivity contribution < 1.29 is 9.13 Å². The average molecular weight is 274 g/mol. The van der Waals surface area contributed by atoms with Crippen LogP contribution in [0, 0.1) is 5.82 Å². The second-order valence-corrected chi connectivity index (χ2v) is 4.96. The quantitative estimate of drug-likeness (QED) is 0.777. The van der Waals surface area contributed by atoms with E-state index in [-0.39, 0.29) is 5.82 Å². The van der Waals surface area contributed by atoms with Crippen LogP contribution in [0.15, 0.2) is 42.5 Å². The second-order valence-electron chi connectivity index (χ2n) is 3.93. The van der Waals surface area contributed by atoms with Gasteiger partial charge in [-0.1, -0.05) is 29.5 Å². The molecule has 0 aliphatic carbocycles. The lowest BCUT2D eigenvalue weighted by Crippen LogP contribution is -1.92. The molecule has 3 aromatic rings. The summed E-state index contributed by atoms with van der Waals surface area (Å²) >= 11 is 1.46. The molecule has 96 valence electrons. The summed E-state index contributed by atoms with van der Waals surface area (Å²) in [7, 11) is 1.61. The lowest BCUT2D eigenvalue weighted by atomic mass is 10.3. The van der Waals surface area contributed by atoms with Gasteiger partial charge in [0.05, 0.1) is 17.5 Å². The van der Waals surface area contributed by atoms with Crippen LogP contribution < -0.4 is 10.1 Å². The molecule has 0 fully saturated rings. The van der Waals surface area contributed by atoms with Crippen LogP contribution in [-0.2, 0) is 0 Å². The molecule has 3 nitrogen and oxygen atoms in total. The largest absolute Gasteiger partial charge is 0.494 e. The maximum absolute atomic E-state index is 13.6. The van der Waals surface area contributed by atoms with Crippen LogP contribution in [0.5, 0.6) is 5.75 Å². The second kappa shape index (κ2) is 4.85. The number of aromatic nitrogens is 1. The summed E-state index contributed by atoms with van der Waals surface area (Å²) in [6.45, 7) is 0. The third kappa shape index (κ3) is 2.24. The normalized spacial score (nSPS) is 10.6. The fourth-order valence-electron chi connectivity index (χ4n) is 1.82. The van der Waals surface area contributed by atoms with Gasteiger partial charge in [0, 0.05) is 0 Å². The molecular weight excluding hydrogens is 263 g/mol. The Morgan fingerprint density at radius 1 is 1.16 bits per heavy atom. The number of nitrogens with one attached hydrogen (secondary N) is 1. The van der Waals surface area contributed by atoms with Gasteiger partial charge < -0.3 is 10.1 Å². The van der Waals surface area contributed by atoms with Crippen molar-refractivity contribution in [3.05, 3.63) is 48.3 Å². The van der Waals surface area contributed by atoms with Crippen molar-refractivity contribution in [2.75, 3.05) is 12.4 Å². The van der Waals surface area contributed by atoms with Gasteiger partial charge in [-0.2, -0.15) is 0 Å². The first-order valence-corrected chi connectivity index (χ1v) is 6.54. The Hall–Kier alpha value is -2.14. The number of benzene rings is 2. The van der Waals surface area contributed by atoms with Crippen molar-refractivity contribution in [3.63, 3.8) is 0 Å². The van der Waals surface area contributed by atoms with E-state index in [4.69, 9.17) is 4.74 Å². The smallest absolute Gasteiger partial charge is 0.188 e. The zero-order chi connectivity index (χ0) is 13.2. The van der Waals surface area contributed by atoms with Gasteiger partial charge in [-0.25, -0.2) is 9.37 Å². The highest BCUT2D eigenvalue weighted by Gasteiger charge is 2.09. The molecule has 0 bridgehead atoms. The van der Waals surface area contributed by atoms with E-state index < -0.39 is 0 Å². The number of halogens is 1. The monoisotopic (exact) mass is 274 g/mol. The number of thiazole rings is 1. The molecule has 0 saturated carbocycles. The molecule has 3 rings (SSSR count). The fourth-order valence-corrected chi connectivity index (χ4v) is 2.71. The van der Waals surface area contributed by atoms with Crippen molar-refractivity contribution in [2.24, 2.45) is 0 Å². The van der Waals surface area contributed by atoms with E-state index in [2.05, 4.69) is 10.3 Å². The summed E-state index contributed by atoms with van der Waals surface area (Å²) in [5.74, 6) is 0.420. The fraction of sp³-hybridized carbons (Fsp3) is 0.0714. The molecule has 1 heterocycles. The van der Waals surface area contributed by atoms with Crippen LogP contribution in [0.4, 0.5) is 15.2 Å².